The van der Waals surface area contributed by atoms with Crippen molar-refractivity contribution in [3.63, 3.8) is 0 Å². The average molecular weight is 329 g/mol. The first kappa shape index (κ1) is 16.6. The first-order chi connectivity index (χ1) is 10.1. The van der Waals surface area contributed by atoms with Crippen molar-refractivity contribution in [3.8, 4) is 0 Å². The zero-order chi connectivity index (χ0) is 15.2. The fourth-order valence-electron chi connectivity index (χ4n) is 2.87. The number of nitrogens with zero attached hydrogens (tertiary/aromatic N) is 1. The second kappa shape index (κ2) is 8.02. The summed E-state index contributed by atoms with van der Waals surface area (Å²) in [7, 11) is 0. The third-order valence-electron chi connectivity index (χ3n) is 4.05. The van der Waals surface area contributed by atoms with Crippen molar-refractivity contribution < 1.29 is 4.79 Å². The Labute approximate surface area is 136 Å². The van der Waals surface area contributed by atoms with E-state index in [-0.39, 0.29) is 5.91 Å². The van der Waals surface area contributed by atoms with E-state index in [1.54, 1.807) is 18.2 Å². The molecule has 116 valence electrons. The second-order valence-corrected chi connectivity index (χ2v) is 6.36. The molecule has 5 heteroatoms. The van der Waals surface area contributed by atoms with E-state index >= 15 is 0 Å². The summed E-state index contributed by atoms with van der Waals surface area (Å²) in [4.78, 5) is 14.5. The number of anilines is 1. The Morgan fingerprint density at radius 1 is 1.38 bits per heavy atom. The second-order valence-electron chi connectivity index (χ2n) is 5.52. The van der Waals surface area contributed by atoms with Crippen LogP contribution in [0.1, 0.15) is 39.0 Å². The van der Waals surface area contributed by atoms with Gasteiger partial charge in [-0.1, -0.05) is 36.5 Å². The summed E-state index contributed by atoms with van der Waals surface area (Å²) in [6.07, 6.45) is 5.45. The fraction of sp³-hybridized carbons (Fsp3) is 0.562. The number of hydrogen-bond donors (Lipinski definition) is 1. The molecule has 1 fully saturated rings. The summed E-state index contributed by atoms with van der Waals surface area (Å²) in [6, 6.07) is 5.72. The zero-order valence-electron chi connectivity index (χ0n) is 12.4. The molecule has 1 aromatic rings. The van der Waals surface area contributed by atoms with Gasteiger partial charge in [-0.05, 0) is 44.0 Å². The van der Waals surface area contributed by atoms with Crippen molar-refractivity contribution in [2.24, 2.45) is 0 Å². The maximum atomic E-state index is 12.1. The number of amides is 1. The highest BCUT2D eigenvalue weighted by Gasteiger charge is 2.21. The van der Waals surface area contributed by atoms with Crippen molar-refractivity contribution >= 4 is 34.8 Å². The number of halogens is 2. The smallest absolute Gasteiger partial charge is 0.225 e. The first-order valence-electron chi connectivity index (χ1n) is 7.59. The number of benzene rings is 1. The number of nitrogens with one attached hydrogen (secondary N) is 1. The molecule has 0 radical (unpaired) electrons. The normalized spacial score (nSPS) is 19.5. The molecular formula is C16H22Cl2N2O. The third-order valence-corrected chi connectivity index (χ3v) is 4.60. The highest BCUT2D eigenvalue weighted by Crippen LogP contribution is 2.25. The Kier molecular flexibility index (Phi) is 6.34. The van der Waals surface area contributed by atoms with Crippen LogP contribution in [-0.2, 0) is 4.79 Å². The molecule has 3 nitrogen and oxygen atoms in total. The van der Waals surface area contributed by atoms with E-state index in [1.807, 2.05) is 0 Å². The minimum Gasteiger partial charge on any atom is -0.325 e. The molecule has 1 atom stereocenters. The molecule has 0 spiro atoms. The Balaban J connectivity index is 1.84. The van der Waals surface area contributed by atoms with Crippen LogP contribution in [0.2, 0.25) is 10.0 Å². The highest BCUT2D eigenvalue weighted by atomic mass is 35.5. The minimum atomic E-state index is -0.000325. The highest BCUT2D eigenvalue weighted by molar-refractivity contribution is 6.36. The summed E-state index contributed by atoms with van der Waals surface area (Å²) < 4.78 is 0. The number of piperidine rings is 1. The van der Waals surface area contributed by atoms with Gasteiger partial charge in [0, 0.05) is 24.0 Å². The van der Waals surface area contributed by atoms with Crippen LogP contribution >= 0.6 is 23.2 Å². The standard InChI is InChI=1S/C16H22Cl2N2O/c1-2-13-5-3-4-9-20(13)10-8-16(21)19-15-7-6-12(17)11-14(15)18/h6-7,11,13H,2-5,8-10H2,1H3,(H,19,21). The van der Waals surface area contributed by atoms with Crippen molar-refractivity contribution in [2.75, 3.05) is 18.4 Å². The van der Waals surface area contributed by atoms with Crippen molar-refractivity contribution in [1.29, 1.82) is 0 Å². The summed E-state index contributed by atoms with van der Waals surface area (Å²) in [5.74, 6) is -0.000325. The van der Waals surface area contributed by atoms with Gasteiger partial charge in [-0.2, -0.15) is 0 Å². The van der Waals surface area contributed by atoms with Crippen LogP contribution in [0.15, 0.2) is 18.2 Å². The summed E-state index contributed by atoms with van der Waals surface area (Å²) in [5.41, 5.74) is 0.622. The molecule has 1 N–H and O–H groups in total. The predicted molar refractivity (Wildman–Crippen MR) is 89.2 cm³/mol. The molecule has 0 aromatic heterocycles. The Morgan fingerprint density at radius 3 is 2.90 bits per heavy atom. The van der Waals surface area contributed by atoms with E-state index in [0.29, 0.717) is 28.2 Å². The quantitative estimate of drug-likeness (QED) is 0.857. The van der Waals surface area contributed by atoms with Gasteiger partial charge in [-0.25, -0.2) is 0 Å². The molecule has 1 amide bonds. The number of carbonyl (C=O) groups excluding carboxylic acids is 1. The van der Waals surface area contributed by atoms with Crippen LogP contribution in [-0.4, -0.2) is 29.9 Å². The van der Waals surface area contributed by atoms with Crippen molar-refractivity contribution in [2.45, 2.75) is 45.1 Å². The molecule has 0 bridgehead atoms. The molecule has 1 aromatic carbocycles. The number of carbonyl (C=O) groups is 1. The molecule has 21 heavy (non-hydrogen) atoms. The van der Waals surface area contributed by atoms with E-state index in [9.17, 15) is 4.79 Å². The molecule has 2 rings (SSSR count). The van der Waals surface area contributed by atoms with Crippen LogP contribution in [0.4, 0.5) is 5.69 Å². The molecule has 1 heterocycles. The van der Waals surface area contributed by atoms with Gasteiger partial charge in [-0.3, -0.25) is 9.69 Å². The molecular weight excluding hydrogens is 307 g/mol. The van der Waals surface area contributed by atoms with Gasteiger partial charge in [0.15, 0.2) is 0 Å². The third kappa shape index (κ3) is 4.87. The number of likely N-dealkylation sites (tertiary alicyclic amines) is 1. The number of hydrogen-bond acceptors (Lipinski definition) is 2. The maximum absolute atomic E-state index is 12.1. The van der Waals surface area contributed by atoms with Gasteiger partial charge in [0.25, 0.3) is 0 Å². The topological polar surface area (TPSA) is 32.3 Å². The summed E-state index contributed by atoms with van der Waals surface area (Å²) in [5, 5.41) is 3.89. The van der Waals surface area contributed by atoms with Crippen LogP contribution < -0.4 is 5.32 Å². The van der Waals surface area contributed by atoms with Gasteiger partial charge in [0.1, 0.15) is 0 Å². The van der Waals surface area contributed by atoms with E-state index < -0.39 is 0 Å². The fourth-order valence-corrected chi connectivity index (χ4v) is 3.32. The summed E-state index contributed by atoms with van der Waals surface area (Å²) in [6.45, 7) is 4.14. The minimum absolute atomic E-state index is 0.000325. The molecule has 1 aliphatic heterocycles. The van der Waals surface area contributed by atoms with E-state index in [2.05, 4.69) is 17.1 Å². The monoisotopic (exact) mass is 328 g/mol. The molecule has 1 saturated heterocycles. The van der Waals surface area contributed by atoms with Crippen LogP contribution in [0.25, 0.3) is 0 Å². The van der Waals surface area contributed by atoms with Gasteiger partial charge in [0.05, 0.1) is 10.7 Å². The maximum Gasteiger partial charge on any atom is 0.225 e. The van der Waals surface area contributed by atoms with E-state index in [0.717, 1.165) is 19.5 Å². The van der Waals surface area contributed by atoms with E-state index in [1.165, 1.54) is 19.3 Å². The molecule has 0 saturated carbocycles. The largest absolute Gasteiger partial charge is 0.325 e. The summed E-state index contributed by atoms with van der Waals surface area (Å²) >= 11 is 11.9. The lowest BCUT2D eigenvalue weighted by molar-refractivity contribution is -0.116. The molecule has 1 aliphatic rings. The van der Waals surface area contributed by atoms with Crippen molar-refractivity contribution in [1.82, 2.24) is 4.90 Å². The lowest BCUT2D eigenvalue weighted by Crippen LogP contribution is -2.40. The molecule has 0 aliphatic carbocycles. The van der Waals surface area contributed by atoms with Gasteiger partial charge >= 0.3 is 0 Å². The van der Waals surface area contributed by atoms with Crippen molar-refractivity contribution in [3.05, 3.63) is 28.2 Å². The van der Waals surface area contributed by atoms with Gasteiger partial charge in [-0.15, -0.1) is 0 Å². The van der Waals surface area contributed by atoms with Crippen LogP contribution in [0.5, 0.6) is 0 Å². The van der Waals surface area contributed by atoms with Gasteiger partial charge < -0.3 is 5.32 Å². The Bertz CT molecular complexity index is 493. The Morgan fingerprint density at radius 2 is 2.19 bits per heavy atom. The first-order valence-corrected chi connectivity index (χ1v) is 8.34. The predicted octanol–water partition coefficient (Wildman–Crippen LogP) is 4.59. The average Bonchev–Trinajstić information content (AvgIpc) is 2.48. The van der Waals surface area contributed by atoms with Gasteiger partial charge in [0.2, 0.25) is 5.91 Å². The SMILES string of the molecule is CCC1CCCCN1CCC(=O)Nc1ccc(Cl)cc1Cl. The van der Waals surface area contributed by atoms with E-state index in [4.69, 9.17) is 23.2 Å². The van der Waals surface area contributed by atoms with Crippen LogP contribution in [0.3, 0.4) is 0 Å². The Hall–Kier alpha value is -0.770. The van der Waals surface area contributed by atoms with Crippen LogP contribution in [0, 0.1) is 0 Å². The molecule has 1 unspecified atom stereocenters. The lowest BCUT2D eigenvalue weighted by Gasteiger charge is -2.35. The zero-order valence-corrected chi connectivity index (χ0v) is 13.9. The number of rotatable bonds is 5. The lowest BCUT2D eigenvalue weighted by atomic mass is 10.00.